The number of hydrogen-bond acceptors (Lipinski definition) is 6. The van der Waals surface area contributed by atoms with Crippen molar-refractivity contribution in [3.63, 3.8) is 0 Å². The Morgan fingerprint density at radius 3 is 2.24 bits per heavy atom. The number of piperazine rings is 1. The molecule has 1 N–H and O–H groups in total. The van der Waals surface area contributed by atoms with Crippen LogP contribution in [-0.2, 0) is 6.61 Å². The minimum Gasteiger partial charge on any atom is -0.390 e. The molecule has 0 amide bonds. The molecule has 0 unspecified atom stereocenters. The van der Waals surface area contributed by atoms with Crippen molar-refractivity contribution in [3.05, 3.63) is 34.6 Å². The first kappa shape index (κ1) is 14.3. The van der Waals surface area contributed by atoms with Gasteiger partial charge in [-0.2, -0.15) is 0 Å². The number of hydrogen-bond donors (Lipinski definition) is 1. The van der Waals surface area contributed by atoms with Crippen molar-refractivity contribution >= 4 is 22.2 Å². The summed E-state index contributed by atoms with van der Waals surface area (Å²) in [5.41, 5.74) is 4.16. The summed E-state index contributed by atoms with van der Waals surface area (Å²) in [6.45, 7) is 7.98. The fourth-order valence-electron chi connectivity index (χ4n) is 2.67. The molecule has 21 heavy (non-hydrogen) atoms. The topological polar surface area (TPSA) is 52.5 Å². The van der Waals surface area contributed by atoms with E-state index in [1.54, 1.807) is 11.3 Å². The molecule has 2 aromatic heterocycles. The molecule has 1 fully saturated rings. The standard InChI is InChI=1S/C15H20N4OS/c1-11-7-14(8-12(2)16-11)18-3-5-19(6-4-18)15-17-13(9-20)10-21-15/h7-8,10,20H,3-6,9H2,1-2H3. The number of aromatic nitrogens is 2. The number of aliphatic hydroxyl groups excluding tert-OH is 1. The minimum absolute atomic E-state index is 0.0199. The molecule has 0 radical (unpaired) electrons. The summed E-state index contributed by atoms with van der Waals surface area (Å²) < 4.78 is 0. The largest absolute Gasteiger partial charge is 0.390 e. The predicted molar refractivity (Wildman–Crippen MR) is 86.2 cm³/mol. The second kappa shape index (κ2) is 5.99. The molecule has 0 saturated carbocycles. The second-order valence-electron chi connectivity index (χ2n) is 5.36. The maximum absolute atomic E-state index is 9.10. The highest BCUT2D eigenvalue weighted by Gasteiger charge is 2.20. The van der Waals surface area contributed by atoms with E-state index in [0.29, 0.717) is 0 Å². The summed E-state index contributed by atoms with van der Waals surface area (Å²) in [4.78, 5) is 13.6. The molecule has 1 aliphatic rings. The Balaban J connectivity index is 1.67. The summed E-state index contributed by atoms with van der Waals surface area (Å²) in [5, 5.41) is 12.0. The zero-order valence-corrected chi connectivity index (χ0v) is 13.2. The molecule has 3 heterocycles. The monoisotopic (exact) mass is 304 g/mol. The molecule has 0 atom stereocenters. The van der Waals surface area contributed by atoms with Gasteiger partial charge in [0.2, 0.25) is 0 Å². The normalized spacial score (nSPS) is 15.6. The lowest BCUT2D eigenvalue weighted by Gasteiger charge is -2.36. The van der Waals surface area contributed by atoms with E-state index in [1.165, 1.54) is 5.69 Å². The van der Waals surface area contributed by atoms with Crippen molar-refractivity contribution in [3.8, 4) is 0 Å². The Morgan fingerprint density at radius 1 is 1.05 bits per heavy atom. The van der Waals surface area contributed by atoms with Gasteiger partial charge in [-0.25, -0.2) is 4.98 Å². The number of pyridine rings is 1. The maximum atomic E-state index is 9.10. The van der Waals surface area contributed by atoms with Crippen LogP contribution in [0, 0.1) is 13.8 Å². The lowest BCUT2D eigenvalue weighted by atomic mass is 10.2. The number of rotatable bonds is 3. The molecule has 6 heteroatoms. The van der Waals surface area contributed by atoms with Crippen LogP contribution in [0.15, 0.2) is 17.5 Å². The number of nitrogens with zero attached hydrogens (tertiary/aromatic N) is 4. The van der Waals surface area contributed by atoms with Crippen LogP contribution < -0.4 is 9.80 Å². The van der Waals surface area contributed by atoms with Crippen LogP contribution in [0.25, 0.3) is 0 Å². The van der Waals surface area contributed by atoms with Gasteiger partial charge in [0, 0.05) is 48.6 Å². The molecule has 0 bridgehead atoms. The van der Waals surface area contributed by atoms with E-state index in [1.807, 2.05) is 19.2 Å². The van der Waals surface area contributed by atoms with Crippen molar-refractivity contribution in [1.29, 1.82) is 0 Å². The fourth-order valence-corrected chi connectivity index (χ4v) is 3.54. The van der Waals surface area contributed by atoms with Crippen LogP contribution in [0.5, 0.6) is 0 Å². The second-order valence-corrected chi connectivity index (χ2v) is 6.20. The molecule has 0 aromatic carbocycles. The van der Waals surface area contributed by atoms with E-state index in [9.17, 15) is 0 Å². The lowest BCUT2D eigenvalue weighted by Crippen LogP contribution is -2.46. The van der Waals surface area contributed by atoms with Crippen LogP contribution in [0.1, 0.15) is 17.1 Å². The number of thiazole rings is 1. The molecule has 3 rings (SSSR count). The van der Waals surface area contributed by atoms with Crippen molar-refractivity contribution < 1.29 is 5.11 Å². The predicted octanol–water partition coefficient (Wildman–Crippen LogP) is 1.97. The van der Waals surface area contributed by atoms with Crippen LogP contribution >= 0.6 is 11.3 Å². The zero-order valence-electron chi connectivity index (χ0n) is 12.4. The van der Waals surface area contributed by atoms with E-state index < -0.39 is 0 Å². The Morgan fingerprint density at radius 2 is 1.67 bits per heavy atom. The van der Waals surface area contributed by atoms with Gasteiger partial charge in [0.1, 0.15) is 0 Å². The molecule has 0 aliphatic carbocycles. The van der Waals surface area contributed by atoms with E-state index in [2.05, 4.69) is 31.9 Å². The van der Waals surface area contributed by atoms with Gasteiger partial charge in [-0.3, -0.25) is 4.98 Å². The lowest BCUT2D eigenvalue weighted by molar-refractivity contribution is 0.277. The minimum atomic E-state index is 0.0199. The summed E-state index contributed by atoms with van der Waals surface area (Å²) in [6, 6.07) is 4.30. The van der Waals surface area contributed by atoms with Crippen molar-refractivity contribution in [2.45, 2.75) is 20.5 Å². The number of aryl methyl sites for hydroxylation is 2. The zero-order chi connectivity index (χ0) is 14.8. The fraction of sp³-hybridized carbons (Fsp3) is 0.467. The van der Waals surface area contributed by atoms with Gasteiger partial charge in [0.25, 0.3) is 0 Å². The molecule has 112 valence electrons. The molecular weight excluding hydrogens is 284 g/mol. The van der Waals surface area contributed by atoms with Gasteiger partial charge in [-0.05, 0) is 26.0 Å². The van der Waals surface area contributed by atoms with Crippen LogP contribution in [-0.4, -0.2) is 41.3 Å². The van der Waals surface area contributed by atoms with Gasteiger partial charge < -0.3 is 14.9 Å². The Kier molecular flexibility index (Phi) is 4.07. The number of aliphatic hydroxyl groups is 1. The van der Waals surface area contributed by atoms with Gasteiger partial charge in [-0.1, -0.05) is 0 Å². The van der Waals surface area contributed by atoms with Gasteiger partial charge in [0.05, 0.1) is 12.3 Å². The van der Waals surface area contributed by atoms with Crippen LogP contribution in [0.4, 0.5) is 10.8 Å². The first-order valence-corrected chi connectivity index (χ1v) is 8.04. The van der Waals surface area contributed by atoms with Gasteiger partial charge in [-0.15, -0.1) is 11.3 Å². The third-order valence-corrected chi connectivity index (χ3v) is 4.63. The van der Waals surface area contributed by atoms with Gasteiger partial charge >= 0.3 is 0 Å². The summed E-state index contributed by atoms with van der Waals surface area (Å²) in [7, 11) is 0. The van der Waals surface area contributed by atoms with Crippen molar-refractivity contribution in [2.24, 2.45) is 0 Å². The first-order valence-electron chi connectivity index (χ1n) is 7.16. The molecule has 2 aromatic rings. The molecule has 1 saturated heterocycles. The van der Waals surface area contributed by atoms with Crippen LogP contribution in [0.3, 0.4) is 0 Å². The third kappa shape index (κ3) is 3.16. The molecule has 5 nitrogen and oxygen atoms in total. The molecule has 0 spiro atoms. The molecule has 1 aliphatic heterocycles. The maximum Gasteiger partial charge on any atom is 0.185 e. The smallest absolute Gasteiger partial charge is 0.185 e. The first-order chi connectivity index (χ1) is 10.2. The highest BCUT2D eigenvalue weighted by atomic mass is 32.1. The van der Waals surface area contributed by atoms with Crippen LogP contribution in [0.2, 0.25) is 0 Å². The molecular formula is C15H20N4OS. The van der Waals surface area contributed by atoms with E-state index >= 15 is 0 Å². The quantitative estimate of drug-likeness (QED) is 0.939. The average Bonchev–Trinajstić information content (AvgIpc) is 2.95. The Hall–Kier alpha value is -1.66. The van der Waals surface area contributed by atoms with E-state index in [4.69, 9.17) is 5.11 Å². The van der Waals surface area contributed by atoms with Crippen molar-refractivity contribution in [1.82, 2.24) is 9.97 Å². The van der Waals surface area contributed by atoms with Crippen molar-refractivity contribution in [2.75, 3.05) is 36.0 Å². The average molecular weight is 304 g/mol. The Labute approximate surface area is 128 Å². The summed E-state index contributed by atoms with van der Waals surface area (Å²) in [6.07, 6.45) is 0. The summed E-state index contributed by atoms with van der Waals surface area (Å²) in [5.74, 6) is 0. The van der Waals surface area contributed by atoms with E-state index in [-0.39, 0.29) is 6.61 Å². The Bertz CT molecular complexity index is 600. The SMILES string of the molecule is Cc1cc(N2CCN(c3nc(CO)cs3)CC2)cc(C)n1. The van der Waals surface area contributed by atoms with Gasteiger partial charge in [0.15, 0.2) is 5.13 Å². The van der Waals surface area contributed by atoms with E-state index in [0.717, 1.165) is 48.4 Å². The highest BCUT2D eigenvalue weighted by molar-refractivity contribution is 7.13. The number of anilines is 2. The highest BCUT2D eigenvalue weighted by Crippen LogP contribution is 2.24. The third-order valence-electron chi connectivity index (χ3n) is 3.68. The summed E-state index contributed by atoms with van der Waals surface area (Å²) >= 11 is 1.61.